The molecule has 1 fully saturated rings. The summed E-state index contributed by atoms with van der Waals surface area (Å²) in [5.41, 5.74) is 1.50. The second-order valence-electron chi connectivity index (χ2n) is 6.03. The van der Waals surface area contributed by atoms with E-state index in [1.54, 1.807) is 6.07 Å². The van der Waals surface area contributed by atoms with E-state index >= 15 is 0 Å². The molecule has 4 nitrogen and oxygen atoms in total. The summed E-state index contributed by atoms with van der Waals surface area (Å²) in [7, 11) is 0. The standard InChI is InChI=1S/C17H25ClN4/c1-3-21-6-8-22(9-7-21)13-14(2)12-20-16-5-4-15(11-19)17(18)10-16/h4-5,10,14,20H,3,6-9,12-13H2,1-2H3. The molecule has 22 heavy (non-hydrogen) atoms. The van der Waals surface area contributed by atoms with Crippen molar-refractivity contribution in [2.45, 2.75) is 13.8 Å². The van der Waals surface area contributed by atoms with E-state index in [1.165, 1.54) is 26.2 Å². The van der Waals surface area contributed by atoms with Crippen molar-refractivity contribution in [3.8, 4) is 6.07 Å². The second-order valence-corrected chi connectivity index (χ2v) is 6.43. The van der Waals surface area contributed by atoms with Crippen LogP contribution in [0.2, 0.25) is 5.02 Å². The molecule has 0 aromatic heterocycles. The Morgan fingerprint density at radius 1 is 1.27 bits per heavy atom. The van der Waals surface area contributed by atoms with E-state index in [2.05, 4.69) is 35.0 Å². The molecule has 1 saturated heterocycles. The lowest BCUT2D eigenvalue weighted by atomic mass is 10.1. The number of benzene rings is 1. The van der Waals surface area contributed by atoms with E-state index in [0.29, 0.717) is 16.5 Å². The predicted octanol–water partition coefficient (Wildman–Crippen LogP) is 2.90. The largest absolute Gasteiger partial charge is 0.385 e. The van der Waals surface area contributed by atoms with E-state index in [0.717, 1.165) is 25.3 Å². The molecule has 1 unspecified atom stereocenters. The number of likely N-dealkylation sites (N-methyl/N-ethyl adjacent to an activating group) is 1. The number of piperazine rings is 1. The Labute approximate surface area is 138 Å². The van der Waals surface area contributed by atoms with E-state index < -0.39 is 0 Å². The van der Waals surface area contributed by atoms with Gasteiger partial charge in [0.2, 0.25) is 0 Å². The highest BCUT2D eigenvalue weighted by atomic mass is 35.5. The van der Waals surface area contributed by atoms with Gasteiger partial charge in [0.25, 0.3) is 0 Å². The zero-order chi connectivity index (χ0) is 15.9. The molecule has 5 heteroatoms. The Balaban J connectivity index is 1.75. The van der Waals surface area contributed by atoms with Gasteiger partial charge in [0, 0.05) is 45.0 Å². The molecule has 0 bridgehead atoms. The van der Waals surface area contributed by atoms with Crippen LogP contribution in [0.4, 0.5) is 5.69 Å². The summed E-state index contributed by atoms with van der Waals surface area (Å²) in [4.78, 5) is 5.04. The first-order chi connectivity index (χ1) is 10.6. The zero-order valence-corrected chi connectivity index (χ0v) is 14.2. The summed E-state index contributed by atoms with van der Waals surface area (Å²) in [5.74, 6) is 0.572. The van der Waals surface area contributed by atoms with E-state index in [-0.39, 0.29) is 0 Å². The summed E-state index contributed by atoms with van der Waals surface area (Å²) >= 11 is 6.05. The van der Waals surface area contributed by atoms with Crippen molar-refractivity contribution < 1.29 is 0 Å². The third kappa shape index (κ3) is 4.88. The van der Waals surface area contributed by atoms with Crippen LogP contribution in [0.3, 0.4) is 0 Å². The molecule has 1 aliphatic rings. The fourth-order valence-corrected chi connectivity index (χ4v) is 3.02. The van der Waals surface area contributed by atoms with Crippen LogP contribution in [0.1, 0.15) is 19.4 Å². The van der Waals surface area contributed by atoms with Crippen molar-refractivity contribution in [2.75, 3.05) is 51.1 Å². The van der Waals surface area contributed by atoms with Gasteiger partial charge in [0.15, 0.2) is 0 Å². The van der Waals surface area contributed by atoms with Crippen molar-refractivity contribution in [1.82, 2.24) is 9.80 Å². The molecular formula is C17H25ClN4. The molecule has 1 aliphatic heterocycles. The number of hydrogen-bond acceptors (Lipinski definition) is 4. The van der Waals surface area contributed by atoms with Crippen molar-refractivity contribution >= 4 is 17.3 Å². The number of nitrogens with one attached hydrogen (secondary N) is 1. The van der Waals surface area contributed by atoms with Crippen molar-refractivity contribution in [2.24, 2.45) is 5.92 Å². The average molecular weight is 321 g/mol. The van der Waals surface area contributed by atoms with Crippen molar-refractivity contribution in [3.63, 3.8) is 0 Å². The Morgan fingerprint density at radius 3 is 2.55 bits per heavy atom. The molecule has 1 N–H and O–H groups in total. The molecular weight excluding hydrogens is 296 g/mol. The van der Waals surface area contributed by atoms with Crippen LogP contribution in [0.25, 0.3) is 0 Å². The highest BCUT2D eigenvalue weighted by Crippen LogP contribution is 2.20. The number of halogens is 1. The molecule has 0 saturated carbocycles. The Morgan fingerprint density at radius 2 is 1.95 bits per heavy atom. The number of anilines is 1. The second kappa shape index (κ2) is 8.38. The lowest BCUT2D eigenvalue weighted by Crippen LogP contribution is -2.47. The van der Waals surface area contributed by atoms with Gasteiger partial charge in [-0.1, -0.05) is 25.4 Å². The van der Waals surface area contributed by atoms with Gasteiger partial charge in [-0.05, 0) is 30.7 Å². The minimum atomic E-state index is 0.510. The van der Waals surface area contributed by atoms with Crippen molar-refractivity contribution in [1.29, 1.82) is 5.26 Å². The molecule has 1 aromatic rings. The molecule has 0 amide bonds. The van der Waals surface area contributed by atoms with Gasteiger partial charge in [-0.2, -0.15) is 5.26 Å². The topological polar surface area (TPSA) is 42.3 Å². The number of rotatable bonds is 6. The third-order valence-electron chi connectivity index (χ3n) is 4.23. The minimum Gasteiger partial charge on any atom is -0.385 e. The maximum atomic E-state index is 8.88. The lowest BCUT2D eigenvalue weighted by molar-refractivity contribution is 0.126. The Hall–Kier alpha value is -1.28. The highest BCUT2D eigenvalue weighted by molar-refractivity contribution is 6.32. The normalized spacial score (nSPS) is 17.9. The first-order valence-electron chi connectivity index (χ1n) is 8.00. The molecule has 1 heterocycles. The summed E-state index contributed by atoms with van der Waals surface area (Å²) in [6.07, 6.45) is 0. The summed E-state index contributed by atoms with van der Waals surface area (Å²) in [6.45, 7) is 12.4. The fraction of sp³-hybridized carbons (Fsp3) is 0.588. The zero-order valence-electron chi connectivity index (χ0n) is 13.5. The lowest BCUT2D eigenvalue weighted by Gasteiger charge is -2.35. The first-order valence-corrected chi connectivity index (χ1v) is 8.38. The Kier molecular flexibility index (Phi) is 6.50. The van der Waals surface area contributed by atoms with Crippen molar-refractivity contribution in [3.05, 3.63) is 28.8 Å². The Bertz CT molecular complexity index is 518. The summed E-state index contributed by atoms with van der Waals surface area (Å²) in [6, 6.07) is 7.58. The number of nitriles is 1. The molecule has 1 aromatic carbocycles. The molecule has 1 atom stereocenters. The quantitative estimate of drug-likeness (QED) is 0.875. The van der Waals surface area contributed by atoms with Crippen LogP contribution >= 0.6 is 11.6 Å². The number of hydrogen-bond donors (Lipinski definition) is 1. The SMILES string of the molecule is CCN1CCN(CC(C)CNc2ccc(C#N)c(Cl)c2)CC1. The average Bonchev–Trinajstić information content (AvgIpc) is 2.54. The monoisotopic (exact) mass is 320 g/mol. The van der Waals surface area contributed by atoms with Crippen LogP contribution < -0.4 is 5.32 Å². The molecule has 0 radical (unpaired) electrons. The molecule has 0 aliphatic carbocycles. The smallest absolute Gasteiger partial charge is 0.101 e. The van der Waals surface area contributed by atoms with E-state index in [1.807, 2.05) is 12.1 Å². The molecule has 2 rings (SSSR count). The van der Waals surface area contributed by atoms with Gasteiger partial charge in [-0.3, -0.25) is 0 Å². The predicted molar refractivity (Wildman–Crippen MR) is 92.4 cm³/mol. The molecule has 120 valence electrons. The van der Waals surface area contributed by atoms with E-state index in [9.17, 15) is 0 Å². The van der Waals surface area contributed by atoms with Gasteiger partial charge in [0.05, 0.1) is 10.6 Å². The number of nitrogens with zero attached hydrogens (tertiary/aromatic N) is 3. The van der Waals surface area contributed by atoms with Crippen LogP contribution in [0.5, 0.6) is 0 Å². The van der Waals surface area contributed by atoms with E-state index in [4.69, 9.17) is 16.9 Å². The van der Waals surface area contributed by atoms with Gasteiger partial charge in [0.1, 0.15) is 6.07 Å². The highest BCUT2D eigenvalue weighted by Gasteiger charge is 2.17. The van der Waals surface area contributed by atoms with Crippen LogP contribution in [-0.4, -0.2) is 55.6 Å². The summed E-state index contributed by atoms with van der Waals surface area (Å²) < 4.78 is 0. The van der Waals surface area contributed by atoms with Gasteiger partial charge in [-0.15, -0.1) is 0 Å². The maximum Gasteiger partial charge on any atom is 0.101 e. The van der Waals surface area contributed by atoms with Gasteiger partial charge >= 0.3 is 0 Å². The third-order valence-corrected chi connectivity index (χ3v) is 4.54. The van der Waals surface area contributed by atoms with Gasteiger partial charge < -0.3 is 15.1 Å². The maximum absolute atomic E-state index is 8.88. The summed E-state index contributed by atoms with van der Waals surface area (Å²) in [5, 5.41) is 12.8. The molecule has 0 spiro atoms. The van der Waals surface area contributed by atoms with Gasteiger partial charge in [-0.25, -0.2) is 0 Å². The first kappa shape index (κ1) is 17.1. The van der Waals surface area contributed by atoms with Crippen LogP contribution in [0.15, 0.2) is 18.2 Å². The van der Waals surface area contributed by atoms with Crippen LogP contribution in [-0.2, 0) is 0 Å². The fourth-order valence-electron chi connectivity index (χ4n) is 2.80. The minimum absolute atomic E-state index is 0.510. The van der Waals surface area contributed by atoms with Crippen LogP contribution in [0, 0.1) is 17.2 Å².